The highest BCUT2D eigenvalue weighted by atomic mass is 16.4. The van der Waals surface area contributed by atoms with E-state index in [9.17, 15) is 4.79 Å². The summed E-state index contributed by atoms with van der Waals surface area (Å²) in [5.74, 6) is -7.01. The Morgan fingerprint density at radius 3 is 1.76 bits per heavy atom. The summed E-state index contributed by atoms with van der Waals surface area (Å²) in [6.45, 7) is 4.42. The molecule has 1 heterocycles. The van der Waals surface area contributed by atoms with Gasteiger partial charge in [-0.3, -0.25) is 4.79 Å². The first kappa shape index (κ1) is 24.5. The highest BCUT2D eigenvalue weighted by Crippen LogP contribution is 1.97. The number of nitrogens with one attached hydrogen (secondary N) is 1. The van der Waals surface area contributed by atoms with Crippen LogP contribution in [0.2, 0.25) is 0 Å². The average Bonchev–Trinajstić information content (AvgIpc) is 2.70. The van der Waals surface area contributed by atoms with Crippen LogP contribution in [-0.2, 0) is 24.0 Å². The van der Waals surface area contributed by atoms with E-state index < -0.39 is 23.9 Å². The van der Waals surface area contributed by atoms with E-state index in [1.54, 1.807) is 0 Å². The molecule has 1 amide bonds. The van der Waals surface area contributed by atoms with E-state index >= 15 is 0 Å². The van der Waals surface area contributed by atoms with Gasteiger partial charge >= 0.3 is 23.9 Å². The van der Waals surface area contributed by atoms with Crippen LogP contribution in [0.1, 0.15) is 6.42 Å². The van der Waals surface area contributed by atoms with Crippen molar-refractivity contribution in [2.24, 2.45) is 0 Å². The van der Waals surface area contributed by atoms with Gasteiger partial charge in [0.1, 0.15) is 0 Å². The molecule has 5 N–H and O–H groups in total. The van der Waals surface area contributed by atoms with E-state index in [4.69, 9.17) is 39.6 Å². The Kier molecular flexibility index (Phi) is 13.4. The smallest absolute Gasteiger partial charge is 0.414 e. The molecule has 0 aromatic heterocycles. The van der Waals surface area contributed by atoms with Gasteiger partial charge in [0.25, 0.3) is 0 Å². The first-order valence-corrected chi connectivity index (χ1v) is 7.04. The van der Waals surface area contributed by atoms with Crippen LogP contribution in [0.5, 0.6) is 0 Å². The molecule has 0 radical (unpaired) electrons. The zero-order valence-corrected chi connectivity index (χ0v) is 14.0. The lowest BCUT2D eigenvalue weighted by Crippen LogP contribution is -2.37. The quantitative estimate of drug-likeness (QED) is 0.338. The second-order valence-corrected chi connectivity index (χ2v) is 4.90. The summed E-state index contributed by atoms with van der Waals surface area (Å²) in [6, 6.07) is 0. The van der Waals surface area contributed by atoms with Gasteiger partial charge in [-0.25, -0.2) is 19.2 Å². The molecule has 12 nitrogen and oxygen atoms in total. The average molecular weight is 365 g/mol. The molecule has 0 unspecified atom stereocenters. The number of carbonyl (C=O) groups excluding carboxylic acids is 1. The molecule has 1 rings (SSSR count). The van der Waals surface area contributed by atoms with Crippen molar-refractivity contribution < 1.29 is 44.4 Å². The number of carbonyl (C=O) groups is 5. The number of aliphatic carboxylic acids is 4. The third-order valence-corrected chi connectivity index (χ3v) is 2.61. The van der Waals surface area contributed by atoms with Crippen molar-refractivity contribution in [2.75, 3.05) is 46.8 Å². The number of carboxylic acids is 4. The van der Waals surface area contributed by atoms with Gasteiger partial charge in [0.2, 0.25) is 5.91 Å². The van der Waals surface area contributed by atoms with Crippen molar-refractivity contribution in [1.29, 1.82) is 0 Å². The fourth-order valence-electron chi connectivity index (χ4n) is 1.37. The van der Waals surface area contributed by atoms with Crippen molar-refractivity contribution in [3.63, 3.8) is 0 Å². The molecule has 1 aliphatic heterocycles. The maximum Gasteiger partial charge on any atom is 0.414 e. The predicted octanol–water partition coefficient (Wildman–Crippen LogP) is -2.32. The third kappa shape index (κ3) is 15.9. The van der Waals surface area contributed by atoms with Gasteiger partial charge in [0.15, 0.2) is 0 Å². The standard InChI is InChI=1S/C9H19N3O.2C2H2O4/c1-11(2)7-8-12-6-5-10-4-3-9(12)13;2*3-1(4)2(5)6/h10H,3-8H2,1-2H3;2*(H,3,4)(H,5,6). The van der Waals surface area contributed by atoms with E-state index in [0.717, 1.165) is 32.7 Å². The minimum absolute atomic E-state index is 0.284. The molecule has 25 heavy (non-hydrogen) atoms. The fourth-order valence-corrected chi connectivity index (χ4v) is 1.37. The van der Waals surface area contributed by atoms with Crippen LogP contribution in [0, 0.1) is 0 Å². The number of amides is 1. The van der Waals surface area contributed by atoms with Gasteiger partial charge in [-0.2, -0.15) is 0 Å². The zero-order chi connectivity index (χ0) is 20.0. The lowest BCUT2D eigenvalue weighted by atomic mass is 10.3. The van der Waals surface area contributed by atoms with Gasteiger partial charge in [0.05, 0.1) is 0 Å². The van der Waals surface area contributed by atoms with Gasteiger partial charge in [0, 0.05) is 39.1 Å². The van der Waals surface area contributed by atoms with Crippen LogP contribution in [0.15, 0.2) is 0 Å². The molecule has 0 saturated carbocycles. The van der Waals surface area contributed by atoms with Crippen molar-refractivity contribution >= 4 is 29.8 Å². The molecular weight excluding hydrogens is 342 g/mol. The zero-order valence-electron chi connectivity index (χ0n) is 14.0. The Bertz CT molecular complexity index is 431. The van der Waals surface area contributed by atoms with Crippen LogP contribution in [0.3, 0.4) is 0 Å². The topological polar surface area (TPSA) is 185 Å². The molecule has 1 aliphatic rings. The van der Waals surface area contributed by atoms with Gasteiger partial charge in [-0.1, -0.05) is 0 Å². The van der Waals surface area contributed by atoms with Gasteiger partial charge in [-0.15, -0.1) is 0 Å². The molecule has 1 saturated heterocycles. The number of likely N-dealkylation sites (N-methyl/N-ethyl adjacent to an activating group) is 1. The van der Waals surface area contributed by atoms with Crippen LogP contribution in [0.4, 0.5) is 0 Å². The summed E-state index contributed by atoms with van der Waals surface area (Å²) in [5.41, 5.74) is 0. The van der Waals surface area contributed by atoms with Crippen molar-refractivity contribution in [1.82, 2.24) is 15.1 Å². The van der Waals surface area contributed by atoms with Gasteiger partial charge < -0.3 is 35.5 Å². The summed E-state index contributed by atoms with van der Waals surface area (Å²) < 4.78 is 0. The summed E-state index contributed by atoms with van der Waals surface area (Å²) in [5, 5.41) is 32.8. The molecule has 0 atom stereocenters. The number of carboxylic acid groups (broad SMARTS) is 4. The maximum atomic E-state index is 11.5. The summed E-state index contributed by atoms with van der Waals surface area (Å²) in [6.07, 6.45) is 0.646. The lowest BCUT2D eigenvalue weighted by molar-refractivity contribution is -0.159. The number of rotatable bonds is 3. The second-order valence-electron chi connectivity index (χ2n) is 4.90. The van der Waals surface area contributed by atoms with Crippen LogP contribution >= 0.6 is 0 Å². The molecule has 0 aromatic carbocycles. The third-order valence-electron chi connectivity index (χ3n) is 2.61. The Balaban J connectivity index is 0. The van der Waals surface area contributed by atoms with Crippen LogP contribution < -0.4 is 5.32 Å². The van der Waals surface area contributed by atoms with Crippen molar-refractivity contribution in [2.45, 2.75) is 6.42 Å². The number of hydrogen-bond acceptors (Lipinski definition) is 7. The van der Waals surface area contributed by atoms with Crippen LogP contribution in [-0.4, -0.2) is 107 Å². The number of hydrogen-bond donors (Lipinski definition) is 5. The minimum atomic E-state index is -1.82. The highest BCUT2D eigenvalue weighted by molar-refractivity contribution is 6.27. The molecule has 144 valence electrons. The first-order valence-electron chi connectivity index (χ1n) is 7.04. The lowest BCUT2D eigenvalue weighted by Gasteiger charge is -2.22. The molecule has 0 spiro atoms. The normalized spacial score (nSPS) is 13.6. The van der Waals surface area contributed by atoms with E-state index in [1.807, 2.05) is 19.0 Å². The number of nitrogens with zero attached hydrogens (tertiary/aromatic N) is 2. The van der Waals surface area contributed by atoms with E-state index in [-0.39, 0.29) is 5.91 Å². The highest BCUT2D eigenvalue weighted by Gasteiger charge is 2.15. The Morgan fingerprint density at radius 1 is 0.960 bits per heavy atom. The summed E-state index contributed by atoms with van der Waals surface area (Å²) in [7, 11) is 4.06. The molecule has 1 fully saturated rings. The monoisotopic (exact) mass is 365 g/mol. The Morgan fingerprint density at radius 2 is 1.40 bits per heavy atom. The largest absolute Gasteiger partial charge is 0.473 e. The first-order chi connectivity index (χ1) is 11.5. The fraction of sp³-hybridized carbons (Fsp3) is 0.615. The SMILES string of the molecule is CN(C)CCN1CCNCCC1=O.O=C(O)C(=O)O.O=C(O)C(=O)O. The van der Waals surface area contributed by atoms with E-state index in [0.29, 0.717) is 6.42 Å². The molecule has 0 bridgehead atoms. The molecule has 0 aliphatic carbocycles. The van der Waals surface area contributed by atoms with Crippen molar-refractivity contribution in [3.05, 3.63) is 0 Å². The van der Waals surface area contributed by atoms with Crippen LogP contribution in [0.25, 0.3) is 0 Å². The molecule has 0 aromatic rings. The Hall–Kier alpha value is -2.73. The molecule has 12 heteroatoms. The Labute approximate surface area is 143 Å². The maximum absolute atomic E-state index is 11.5. The van der Waals surface area contributed by atoms with Crippen molar-refractivity contribution in [3.8, 4) is 0 Å². The minimum Gasteiger partial charge on any atom is -0.473 e. The second kappa shape index (κ2) is 13.7. The predicted molar refractivity (Wildman–Crippen MR) is 83.2 cm³/mol. The van der Waals surface area contributed by atoms with Gasteiger partial charge in [-0.05, 0) is 14.1 Å². The van der Waals surface area contributed by atoms with E-state index in [2.05, 4.69) is 10.2 Å². The molecular formula is C13H23N3O9. The summed E-state index contributed by atoms with van der Waals surface area (Å²) in [4.78, 5) is 51.9. The summed E-state index contributed by atoms with van der Waals surface area (Å²) >= 11 is 0. The van der Waals surface area contributed by atoms with E-state index in [1.165, 1.54) is 0 Å².